The molecule has 0 atom stereocenters. The molecule has 0 unspecified atom stereocenters. The maximum absolute atomic E-state index is 10.7. The second kappa shape index (κ2) is 4.79. The molecule has 82 valence electrons. The largest absolute Gasteiger partial charge is 0.481 e. The summed E-state index contributed by atoms with van der Waals surface area (Å²) >= 11 is 3.40. The molecule has 2 nitrogen and oxygen atoms in total. The van der Waals surface area contributed by atoms with Gasteiger partial charge in [0.15, 0.2) is 0 Å². The predicted molar refractivity (Wildman–Crippen MR) is 63.9 cm³/mol. The highest BCUT2D eigenvalue weighted by Gasteiger charge is 2.22. The van der Waals surface area contributed by atoms with Crippen LogP contribution in [0.2, 0.25) is 0 Å². The van der Waals surface area contributed by atoms with Gasteiger partial charge in [0, 0.05) is 4.47 Å². The summed E-state index contributed by atoms with van der Waals surface area (Å²) in [7, 11) is 0. The van der Waals surface area contributed by atoms with Crippen molar-refractivity contribution in [3.63, 3.8) is 0 Å². The van der Waals surface area contributed by atoms with Gasteiger partial charge in [0.2, 0.25) is 0 Å². The molecule has 0 aliphatic carbocycles. The Morgan fingerprint density at radius 3 is 2.67 bits per heavy atom. The Bertz CT molecular complexity index is 358. The van der Waals surface area contributed by atoms with E-state index in [0.29, 0.717) is 0 Å². The molecular weight excluding hydrogens is 256 g/mol. The van der Waals surface area contributed by atoms with Crippen LogP contribution in [-0.2, 0) is 11.2 Å². The van der Waals surface area contributed by atoms with Crippen LogP contribution in [0.5, 0.6) is 0 Å². The summed E-state index contributed by atoms with van der Waals surface area (Å²) in [5, 5.41) is 8.77. The molecule has 0 fully saturated rings. The molecule has 0 saturated heterocycles. The molecule has 1 N–H and O–H groups in total. The summed E-state index contributed by atoms with van der Waals surface area (Å²) in [5.74, 6) is -0.741. The number of hydrogen-bond donors (Lipinski definition) is 1. The molecule has 1 rings (SSSR count). The zero-order chi connectivity index (χ0) is 11.5. The predicted octanol–water partition coefficient (Wildman–Crippen LogP) is 3.49. The molecule has 0 aliphatic heterocycles. The molecule has 0 saturated carbocycles. The monoisotopic (exact) mass is 270 g/mol. The fourth-order valence-electron chi connectivity index (χ4n) is 1.67. The normalized spacial score (nSPS) is 11.4. The van der Waals surface area contributed by atoms with Crippen molar-refractivity contribution in [1.82, 2.24) is 0 Å². The van der Waals surface area contributed by atoms with Crippen molar-refractivity contribution in [2.24, 2.45) is 5.41 Å². The first-order valence-electron chi connectivity index (χ1n) is 4.85. The fraction of sp³-hybridized carbons (Fsp3) is 0.417. The first kappa shape index (κ1) is 12.2. The van der Waals surface area contributed by atoms with Gasteiger partial charge >= 0.3 is 5.97 Å². The Hall–Kier alpha value is -0.830. The van der Waals surface area contributed by atoms with Crippen LogP contribution in [0.1, 0.15) is 25.8 Å². The summed E-state index contributed by atoms with van der Waals surface area (Å²) < 4.78 is 1.03. The zero-order valence-electron chi connectivity index (χ0n) is 8.96. The molecule has 0 aromatic heterocycles. The van der Waals surface area contributed by atoms with Gasteiger partial charge in [-0.15, -0.1) is 0 Å². The van der Waals surface area contributed by atoms with Gasteiger partial charge in [-0.3, -0.25) is 4.79 Å². The van der Waals surface area contributed by atoms with Crippen LogP contribution >= 0.6 is 15.9 Å². The van der Waals surface area contributed by atoms with Crippen LogP contribution in [-0.4, -0.2) is 11.1 Å². The fourth-order valence-corrected chi connectivity index (χ4v) is 2.12. The van der Waals surface area contributed by atoms with Crippen LogP contribution < -0.4 is 0 Å². The van der Waals surface area contributed by atoms with Gasteiger partial charge in [0.1, 0.15) is 0 Å². The first-order chi connectivity index (χ1) is 6.89. The van der Waals surface area contributed by atoms with E-state index in [1.165, 1.54) is 0 Å². The third kappa shape index (κ3) is 4.47. The Morgan fingerprint density at radius 1 is 1.47 bits per heavy atom. The standard InChI is InChI=1S/C12H15BrO2/c1-12(2,8-11(14)15)7-9-4-3-5-10(13)6-9/h3-6H,7-8H2,1-2H3,(H,14,15). The molecule has 0 radical (unpaired) electrons. The van der Waals surface area contributed by atoms with E-state index in [1.807, 2.05) is 38.1 Å². The highest BCUT2D eigenvalue weighted by molar-refractivity contribution is 9.10. The molecule has 0 spiro atoms. The van der Waals surface area contributed by atoms with Crippen molar-refractivity contribution >= 4 is 21.9 Å². The van der Waals surface area contributed by atoms with Crippen LogP contribution in [0, 0.1) is 5.41 Å². The highest BCUT2D eigenvalue weighted by Crippen LogP contribution is 2.26. The Labute approximate surface area is 98.4 Å². The van der Waals surface area contributed by atoms with Crippen LogP contribution in [0.4, 0.5) is 0 Å². The van der Waals surface area contributed by atoms with E-state index >= 15 is 0 Å². The number of carbonyl (C=O) groups is 1. The summed E-state index contributed by atoms with van der Waals surface area (Å²) in [6.45, 7) is 3.95. The van der Waals surface area contributed by atoms with Crippen molar-refractivity contribution in [1.29, 1.82) is 0 Å². The molecule has 15 heavy (non-hydrogen) atoms. The molecular formula is C12H15BrO2. The topological polar surface area (TPSA) is 37.3 Å². The van der Waals surface area contributed by atoms with Gasteiger partial charge in [-0.25, -0.2) is 0 Å². The second-order valence-electron chi connectivity index (χ2n) is 4.54. The van der Waals surface area contributed by atoms with Crippen LogP contribution in [0.15, 0.2) is 28.7 Å². The quantitative estimate of drug-likeness (QED) is 0.910. The molecule has 1 aromatic rings. The molecule has 3 heteroatoms. The smallest absolute Gasteiger partial charge is 0.303 e. The van der Waals surface area contributed by atoms with Crippen molar-refractivity contribution < 1.29 is 9.90 Å². The van der Waals surface area contributed by atoms with Gasteiger partial charge in [-0.2, -0.15) is 0 Å². The summed E-state index contributed by atoms with van der Waals surface area (Å²) in [5.41, 5.74) is 0.961. The minimum absolute atomic E-state index is 0.194. The lowest BCUT2D eigenvalue weighted by Crippen LogP contribution is -2.19. The zero-order valence-corrected chi connectivity index (χ0v) is 10.5. The third-order valence-electron chi connectivity index (χ3n) is 2.20. The molecule has 0 bridgehead atoms. The van der Waals surface area contributed by atoms with Crippen molar-refractivity contribution in [2.45, 2.75) is 26.7 Å². The van der Waals surface area contributed by atoms with E-state index in [9.17, 15) is 4.79 Å². The van der Waals surface area contributed by atoms with E-state index < -0.39 is 5.97 Å². The average molecular weight is 271 g/mol. The average Bonchev–Trinajstić information content (AvgIpc) is 1.99. The molecule has 0 amide bonds. The number of hydrogen-bond acceptors (Lipinski definition) is 1. The van der Waals surface area contributed by atoms with Gasteiger partial charge in [-0.1, -0.05) is 41.9 Å². The SMILES string of the molecule is CC(C)(CC(=O)O)Cc1cccc(Br)c1. The second-order valence-corrected chi connectivity index (χ2v) is 5.46. The lowest BCUT2D eigenvalue weighted by Gasteiger charge is -2.22. The molecule has 0 heterocycles. The third-order valence-corrected chi connectivity index (χ3v) is 2.69. The van der Waals surface area contributed by atoms with E-state index in [0.717, 1.165) is 16.5 Å². The van der Waals surface area contributed by atoms with E-state index in [2.05, 4.69) is 15.9 Å². The lowest BCUT2D eigenvalue weighted by atomic mass is 9.83. The van der Waals surface area contributed by atoms with Crippen molar-refractivity contribution in [2.75, 3.05) is 0 Å². The Kier molecular flexibility index (Phi) is 3.91. The maximum Gasteiger partial charge on any atom is 0.303 e. The number of aliphatic carboxylic acids is 1. The highest BCUT2D eigenvalue weighted by atomic mass is 79.9. The van der Waals surface area contributed by atoms with Crippen LogP contribution in [0.3, 0.4) is 0 Å². The molecule has 0 aliphatic rings. The van der Waals surface area contributed by atoms with E-state index in [-0.39, 0.29) is 11.8 Å². The number of rotatable bonds is 4. The van der Waals surface area contributed by atoms with Gasteiger partial charge in [0.25, 0.3) is 0 Å². The van der Waals surface area contributed by atoms with Crippen molar-refractivity contribution in [3.8, 4) is 0 Å². The first-order valence-corrected chi connectivity index (χ1v) is 5.65. The number of carboxylic acid groups (broad SMARTS) is 1. The van der Waals surface area contributed by atoms with Gasteiger partial charge < -0.3 is 5.11 Å². The van der Waals surface area contributed by atoms with E-state index in [4.69, 9.17) is 5.11 Å². The molecule has 1 aromatic carbocycles. The lowest BCUT2D eigenvalue weighted by molar-refractivity contribution is -0.139. The summed E-state index contributed by atoms with van der Waals surface area (Å²) in [4.78, 5) is 10.7. The van der Waals surface area contributed by atoms with E-state index in [1.54, 1.807) is 0 Å². The van der Waals surface area contributed by atoms with Gasteiger partial charge in [0.05, 0.1) is 6.42 Å². The number of carboxylic acids is 1. The van der Waals surface area contributed by atoms with Crippen LogP contribution in [0.25, 0.3) is 0 Å². The summed E-state index contributed by atoms with van der Waals surface area (Å²) in [6.07, 6.45) is 0.970. The van der Waals surface area contributed by atoms with Crippen molar-refractivity contribution in [3.05, 3.63) is 34.3 Å². The minimum atomic E-state index is -0.741. The Morgan fingerprint density at radius 2 is 2.13 bits per heavy atom. The maximum atomic E-state index is 10.7. The Balaban J connectivity index is 2.72. The van der Waals surface area contributed by atoms with Gasteiger partial charge in [-0.05, 0) is 29.5 Å². The summed E-state index contributed by atoms with van der Waals surface area (Å²) in [6, 6.07) is 7.99. The number of halogens is 1. The minimum Gasteiger partial charge on any atom is -0.481 e. The number of benzene rings is 1.